The van der Waals surface area contributed by atoms with E-state index in [2.05, 4.69) is 10.1 Å². The van der Waals surface area contributed by atoms with Gasteiger partial charge in [0.05, 0.1) is 0 Å². The van der Waals surface area contributed by atoms with E-state index >= 15 is 0 Å². The molecule has 1 rings (SSSR count). The van der Waals surface area contributed by atoms with Crippen LogP contribution in [0.3, 0.4) is 0 Å². The van der Waals surface area contributed by atoms with Gasteiger partial charge in [-0.25, -0.2) is 0 Å². The van der Waals surface area contributed by atoms with E-state index in [4.69, 9.17) is 0 Å². The Morgan fingerprint density at radius 1 is 1.33 bits per heavy atom. The number of amides is 1. The highest BCUT2D eigenvalue weighted by molar-refractivity contribution is 5.78. The number of hydrogen-bond donors (Lipinski definition) is 1. The van der Waals surface area contributed by atoms with E-state index in [0.29, 0.717) is 13.1 Å². The van der Waals surface area contributed by atoms with Gasteiger partial charge in [0.2, 0.25) is 5.91 Å². The Morgan fingerprint density at radius 2 is 1.90 bits per heavy atom. The molecule has 0 saturated heterocycles. The van der Waals surface area contributed by atoms with Crippen LogP contribution in [0.4, 0.5) is 13.2 Å². The molecule has 0 radical (unpaired) electrons. The normalized spacial score (nSPS) is 12.9. The molecule has 4 nitrogen and oxygen atoms in total. The molecular weight excluding hydrogens is 285 g/mol. The number of benzene rings is 1. The summed E-state index contributed by atoms with van der Waals surface area (Å²) in [4.78, 5) is 13.5. The number of carbonyl (C=O) groups excluding carboxylic acids is 1. The van der Waals surface area contributed by atoms with Crippen LogP contribution >= 0.6 is 0 Å². The van der Waals surface area contributed by atoms with Crippen LogP contribution in [0.1, 0.15) is 12.5 Å². The lowest BCUT2D eigenvalue weighted by molar-refractivity contribution is -0.274. The van der Waals surface area contributed by atoms with E-state index in [-0.39, 0.29) is 17.6 Å². The van der Waals surface area contributed by atoms with Crippen molar-refractivity contribution >= 4 is 5.91 Å². The lowest BCUT2D eigenvalue weighted by Gasteiger charge is -2.21. The first-order valence-electron chi connectivity index (χ1n) is 6.47. The van der Waals surface area contributed by atoms with Crippen LogP contribution in [0.15, 0.2) is 24.3 Å². The number of hydrogen-bond acceptors (Lipinski definition) is 3. The topological polar surface area (TPSA) is 41.6 Å². The molecule has 1 aromatic carbocycles. The largest absolute Gasteiger partial charge is 0.573 e. The van der Waals surface area contributed by atoms with Gasteiger partial charge in [0.15, 0.2) is 0 Å². The second-order valence-corrected chi connectivity index (χ2v) is 4.84. The van der Waals surface area contributed by atoms with Crippen LogP contribution in [-0.4, -0.2) is 37.8 Å². The predicted octanol–water partition coefficient (Wildman–Crippen LogP) is 2.40. The Labute approximate surface area is 121 Å². The van der Waals surface area contributed by atoms with Crippen molar-refractivity contribution < 1.29 is 22.7 Å². The highest BCUT2D eigenvalue weighted by Gasteiger charge is 2.31. The maximum absolute atomic E-state index is 12.0. The fraction of sp³-hybridized carbons (Fsp3) is 0.500. The Kier molecular flexibility index (Phi) is 6.02. The third-order valence-corrected chi connectivity index (χ3v) is 2.88. The minimum atomic E-state index is -4.70. The van der Waals surface area contributed by atoms with Crippen LogP contribution in [0.2, 0.25) is 0 Å². The van der Waals surface area contributed by atoms with E-state index in [1.165, 1.54) is 24.3 Å². The van der Waals surface area contributed by atoms with Gasteiger partial charge < -0.3 is 15.0 Å². The molecule has 0 aromatic heterocycles. The van der Waals surface area contributed by atoms with E-state index in [1.807, 2.05) is 6.92 Å². The van der Waals surface area contributed by atoms with Crippen LogP contribution in [-0.2, 0) is 11.3 Å². The Balaban J connectivity index is 2.61. The van der Waals surface area contributed by atoms with Crippen molar-refractivity contribution in [1.82, 2.24) is 10.2 Å². The number of alkyl halides is 3. The number of rotatable bonds is 6. The van der Waals surface area contributed by atoms with Gasteiger partial charge in [-0.2, -0.15) is 0 Å². The summed E-state index contributed by atoms with van der Waals surface area (Å²) in [7, 11) is 3.43. The molecule has 0 heterocycles. The number of nitrogens with one attached hydrogen (secondary N) is 1. The quantitative estimate of drug-likeness (QED) is 0.877. The molecule has 118 valence electrons. The lowest BCUT2D eigenvalue weighted by atomic mass is 10.1. The lowest BCUT2D eigenvalue weighted by Crippen LogP contribution is -2.35. The summed E-state index contributed by atoms with van der Waals surface area (Å²) in [5, 5.41) is 2.93. The minimum Gasteiger partial charge on any atom is -0.406 e. The van der Waals surface area contributed by atoms with Gasteiger partial charge >= 0.3 is 6.36 Å². The molecule has 21 heavy (non-hydrogen) atoms. The Bertz CT molecular complexity index is 460. The number of nitrogens with zero attached hydrogens (tertiary/aromatic N) is 1. The van der Waals surface area contributed by atoms with Crippen molar-refractivity contribution in [2.45, 2.75) is 19.8 Å². The average molecular weight is 304 g/mol. The van der Waals surface area contributed by atoms with Gasteiger partial charge in [-0.05, 0) is 24.7 Å². The molecule has 1 atom stereocenters. The smallest absolute Gasteiger partial charge is 0.406 e. The van der Waals surface area contributed by atoms with Crippen molar-refractivity contribution in [2.24, 2.45) is 5.92 Å². The molecule has 0 spiro atoms. The van der Waals surface area contributed by atoms with Gasteiger partial charge in [-0.3, -0.25) is 4.79 Å². The Morgan fingerprint density at radius 3 is 2.38 bits per heavy atom. The average Bonchev–Trinajstić information content (AvgIpc) is 2.38. The summed E-state index contributed by atoms with van der Waals surface area (Å²) >= 11 is 0. The van der Waals surface area contributed by atoms with Crippen LogP contribution < -0.4 is 10.1 Å². The summed E-state index contributed by atoms with van der Waals surface area (Å²) in [6.07, 6.45) is -4.70. The van der Waals surface area contributed by atoms with Gasteiger partial charge in [-0.1, -0.05) is 19.1 Å². The fourth-order valence-corrected chi connectivity index (χ4v) is 1.92. The van der Waals surface area contributed by atoms with E-state index in [0.717, 1.165) is 5.56 Å². The van der Waals surface area contributed by atoms with Crippen molar-refractivity contribution in [2.75, 3.05) is 20.6 Å². The first-order chi connectivity index (χ1) is 9.73. The first kappa shape index (κ1) is 17.3. The summed E-state index contributed by atoms with van der Waals surface area (Å²) in [5.74, 6) is -0.461. The second-order valence-electron chi connectivity index (χ2n) is 4.84. The highest BCUT2D eigenvalue weighted by atomic mass is 19.4. The molecule has 0 aliphatic rings. The SMILES string of the molecule is CNCC(C)C(=O)N(C)Cc1ccc(OC(F)(F)F)cc1. The molecule has 0 bridgehead atoms. The molecule has 0 aliphatic carbocycles. The number of halogens is 3. The maximum Gasteiger partial charge on any atom is 0.573 e. The maximum atomic E-state index is 12.0. The van der Waals surface area contributed by atoms with Gasteiger partial charge in [0.25, 0.3) is 0 Å². The molecule has 0 saturated carbocycles. The summed E-state index contributed by atoms with van der Waals surface area (Å²) in [6, 6.07) is 5.48. The van der Waals surface area contributed by atoms with Crippen LogP contribution in [0.25, 0.3) is 0 Å². The Hall–Kier alpha value is -1.76. The van der Waals surface area contributed by atoms with Gasteiger partial charge in [-0.15, -0.1) is 13.2 Å². The van der Waals surface area contributed by atoms with Crippen molar-refractivity contribution in [3.05, 3.63) is 29.8 Å². The number of carbonyl (C=O) groups is 1. The third-order valence-electron chi connectivity index (χ3n) is 2.88. The second kappa shape index (κ2) is 7.31. The van der Waals surface area contributed by atoms with Crippen molar-refractivity contribution in [3.8, 4) is 5.75 Å². The molecule has 1 amide bonds. The molecular formula is C14H19F3N2O2. The predicted molar refractivity (Wildman–Crippen MR) is 72.7 cm³/mol. The molecule has 1 N–H and O–H groups in total. The summed E-state index contributed by atoms with van der Waals surface area (Å²) in [6.45, 7) is 2.72. The zero-order valence-electron chi connectivity index (χ0n) is 12.2. The third kappa shape index (κ3) is 6.03. The molecule has 0 fully saturated rings. The monoisotopic (exact) mass is 304 g/mol. The van der Waals surface area contributed by atoms with Crippen LogP contribution in [0.5, 0.6) is 5.75 Å². The molecule has 1 aromatic rings. The van der Waals surface area contributed by atoms with Crippen molar-refractivity contribution in [1.29, 1.82) is 0 Å². The van der Waals surface area contributed by atoms with E-state index < -0.39 is 6.36 Å². The van der Waals surface area contributed by atoms with Gasteiger partial charge in [0.1, 0.15) is 5.75 Å². The summed E-state index contributed by atoms with van der Waals surface area (Å²) < 4.78 is 39.9. The minimum absolute atomic E-state index is 0.0278. The van der Waals surface area contributed by atoms with E-state index in [9.17, 15) is 18.0 Å². The standard InChI is InChI=1S/C14H19F3N2O2/c1-10(8-18-2)13(20)19(3)9-11-4-6-12(7-5-11)21-14(15,16)17/h4-7,10,18H,8-9H2,1-3H3. The zero-order valence-corrected chi connectivity index (χ0v) is 12.2. The molecule has 1 unspecified atom stereocenters. The van der Waals surface area contributed by atoms with E-state index in [1.54, 1.807) is 19.0 Å². The first-order valence-corrected chi connectivity index (χ1v) is 6.47. The fourth-order valence-electron chi connectivity index (χ4n) is 1.92. The molecule has 0 aliphatic heterocycles. The summed E-state index contributed by atoms with van der Waals surface area (Å²) in [5.41, 5.74) is 0.733. The highest BCUT2D eigenvalue weighted by Crippen LogP contribution is 2.23. The van der Waals surface area contributed by atoms with Crippen molar-refractivity contribution in [3.63, 3.8) is 0 Å². The van der Waals surface area contributed by atoms with Crippen LogP contribution in [0, 0.1) is 5.92 Å². The number of ether oxygens (including phenoxy) is 1. The zero-order chi connectivity index (χ0) is 16.0. The van der Waals surface area contributed by atoms with Gasteiger partial charge in [0, 0.05) is 26.1 Å². The molecule has 7 heteroatoms.